The van der Waals surface area contributed by atoms with Crippen LogP contribution in [0.5, 0.6) is 0 Å². The summed E-state index contributed by atoms with van der Waals surface area (Å²) in [6.45, 7) is 3.10. The molecular formula is C17H19NO4. The van der Waals surface area contributed by atoms with Gasteiger partial charge in [-0.05, 0) is 31.5 Å². The Hall–Kier alpha value is -2.24. The van der Waals surface area contributed by atoms with E-state index in [-0.39, 0.29) is 0 Å². The number of carboxylic acids is 1. The fourth-order valence-corrected chi connectivity index (χ4v) is 2.15. The first kappa shape index (κ1) is 16.1. The first-order valence-corrected chi connectivity index (χ1v) is 7.06. The Kier molecular flexibility index (Phi) is 4.90. The standard InChI is InChI=1S/C17H19NO4/c1-10(19)14(17(21)22)7-4-12-3-5-13-6-8-15(11(2)20)18-16(13)9-12/h3-11,14,19-20H,1-2H3,(H,21,22)/b7-4+/t10-,11+,14+/m0/s1. The summed E-state index contributed by atoms with van der Waals surface area (Å²) in [4.78, 5) is 15.4. The third kappa shape index (κ3) is 3.69. The molecule has 0 amide bonds. The van der Waals surface area contributed by atoms with Crippen LogP contribution in [0, 0.1) is 5.92 Å². The number of aliphatic hydroxyl groups is 2. The Morgan fingerprint density at radius 3 is 2.45 bits per heavy atom. The van der Waals surface area contributed by atoms with E-state index < -0.39 is 24.1 Å². The number of pyridine rings is 1. The Labute approximate surface area is 128 Å². The summed E-state index contributed by atoms with van der Waals surface area (Å²) in [5, 5.41) is 29.0. The zero-order valence-corrected chi connectivity index (χ0v) is 12.5. The van der Waals surface area contributed by atoms with Gasteiger partial charge in [0.2, 0.25) is 0 Å². The molecule has 0 saturated carbocycles. The molecule has 0 aliphatic carbocycles. The second-order valence-corrected chi connectivity index (χ2v) is 5.33. The highest BCUT2D eigenvalue weighted by molar-refractivity contribution is 5.82. The molecule has 2 aromatic rings. The van der Waals surface area contributed by atoms with Gasteiger partial charge in [-0.15, -0.1) is 0 Å². The Bertz CT molecular complexity index is 707. The van der Waals surface area contributed by atoms with E-state index >= 15 is 0 Å². The minimum absolute atomic E-state index is 0.584. The van der Waals surface area contributed by atoms with Crippen molar-refractivity contribution in [3.8, 4) is 0 Å². The summed E-state index contributed by atoms with van der Waals surface area (Å²) in [7, 11) is 0. The topological polar surface area (TPSA) is 90.7 Å². The number of carboxylic acid groups (broad SMARTS) is 1. The molecule has 1 heterocycles. The average Bonchev–Trinajstić information content (AvgIpc) is 2.45. The highest BCUT2D eigenvalue weighted by Crippen LogP contribution is 2.19. The van der Waals surface area contributed by atoms with Crippen LogP contribution in [-0.4, -0.2) is 32.4 Å². The van der Waals surface area contributed by atoms with Gasteiger partial charge >= 0.3 is 5.97 Å². The number of hydrogen-bond acceptors (Lipinski definition) is 4. The molecule has 0 fully saturated rings. The summed E-state index contributed by atoms with van der Waals surface area (Å²) in [5.41, 5.74) is 2.10. The van der Waals surface area contributed by atoms with Crippen LogP contribution in [0.3, 0.4) is 0 Å². The van der Waals surface area contributed by atoms with Gasteiger partial charge in [-0.1, -0.05) is 30.4 Å². The molecule has 2 rings (SSSR count). The summed E-state index contributed by atoms with van der Waals surface area (Å²) in [6, 6.07) is 9.21. The third-order valence-electron chi connectivity index (χ3n) is 3.47. The van der Waals surface area contributed by atoms with Crippen molar-refractivity contribution < 1.29 is 20.1 Å². The highest BCUT2D eigenvalue weighted by Gasteiger charge is 2.19. The Morgan fingerprint density at radius 2 is 1.86 bits per heavy atom. The first-order chi connectivity index (χ1) is 10.4. The predicted octanol–water partition coefficient (Wildman–Crippen LogP) is 2.38. The number of rotatable bonds is 5. The lowest BCUT2D eigenvalue weighted by Gasteiger charge is -2.10. The quantitative estimate of drug-likeness (QED) is 0.789. The predicted molar refractivity (Wildman–Crippen MR) is 84.2 cm³/mol. The molecule has 0 bridgehead atoms. The molecule has 5 nitrogen and oxygen atoms in total. The van der Waals surface area contributed by atoms with Gasteiger partial charge in [0, 0.05) is 5.39 Å². The maximum atomic E-state index is 11.0. The molecule has 3 N–H and O–H groups in total. The van der Waals surface area contributed by atoms with Crippen LogP contribution in [-0.2, 0) is 4.79 Å². The average molecular weight is 301 g/mol. The number of fused-ring (bicyclic) bond motifs is 1. The van der Waals surface area contributed by atoms with Gasteiger partial charge in [0.25, 0.3) is 0 Å². The van der Waals surface area contributed by atoms with Crippen LogP contribution in [0.2, 0.25) is 0 Å². The van der Waals surface area contributed by atoms with E-state index in [1.165, 1.54) is 13.0 Å². The van der Waals surface area contributed by atoms with Gasteiger partial charge in [0.05, 0.1) is 23.4 Å². The van der Waals surface area contributed by atoms with E-state index in [1.54, 1.807) is 19.1 Å². The number of aromatic nitrogens is 1. The number of aliphatic carboxylic acids is 1. The van der Waals surface area contributed by atoms with Crippen LogP contribution in [0.15, 0.2) is 36.4 Å². The summed E-state index contributed by atoms with van der Waals surface area (Å²) < 4.78 is 0. The van der Waals surface area contributed by atoms with Gasteiger partial charge in [-0.25, -0.2) is 0 Å². The van der Waals surface area contributed by atoms with Gasteiger partial charge < -0.3 is 15.3 Å². The number of aliphatic hydroxyl groups excluding tert-OH is 2. The third-order valence-corrected chi connectivity index (χ3v) is 3.47. The van der Waals surface area contributed by atoms with Crippen molar-refractivity contribution in [1.82, 2.24) is 4.98 Å². The van der Waals surface area contributed by atoms with E-state index in [9.17, 15) is 15.0 Å². The fraction of sp³-hybridized carbons (Fsp3) is 0.294. The van der Waals surface area contributed by atoms with Crippen molar-refractivity contribution in [1.29, 1.82) is 0 Å². The molecule has 22 heavy (non-hydrogen) atoms. The molecule has 116 valence electrons. The van der Waals surface area contributed by atoms with Crippen molar-refractivity contribution >= 4 is 22.9 Å². The van der Waals surface area contributed by atoms with E-state index in [4.69, 9.17) is 5.11 Å². The molecule has 0 spiro atoms. The minimum Gasteiger partial charge on any atom is -0.481 e. The zero-order valence-electron chi connectivity index (χ0n) is 12.5. The van der Waals surface area contributed by atoms with Crippen LogP contribution in [0.4, 0.5) is 0 Å². The van der Waals surface area contributed by atoms with Crippen LogP contribution in [0.1, 0.15) is 31.2 Å². The molecule has 0 unspecified atom stereocenters. The highest BCUT2D eigenvalue weighted by atomic mass is 16.4. The van der Waals surface area contributed by atoms with E-state index in [0.29, 0.717) is 5.69 Å². The van der Waals surface area contributed by atoms with Crippen molar-refractivity contribution in [3.63, 3.8) is 0 Å². The van der Waals surface area contributed by atoms with Gasteiger partial charge in [-0.2, -0.15) is 0 Å². The number of benzene rings is 1. The lowest BCUT2D eigenvalue weighted by atomic mass is 10.0. The SMILES string of the molecule is C[C@H](O)[C@@H](/C=C/c1ccc2ccc([C@@H](C)O)nc2c1)C(=O)O. The minimum atomic E-state index is -1.07. The monoisotopic (exact) mass is 301 g/mol. The van der Waals surface area contributed by atoms with Crippen molar-refractivity contribution in [2.45, 2.75) is 26.1 Å². The van der Waals surface area contributed by atoms with Crippen molar-refractivity contribution in [2.24, 2.45) is 5.92 Å². The summed E-state index contributed by atoms with van der Waals surface area (Å²) >= 11 is 0. The fourth-order valence-electron chi connectivity index (χ4n) is 2.15. The normalized spacial score (nSPS) is 15.8. The second-order valence-electron chi connectivity index (χ2n) is 5.33. The van der Waals surface area contributed by atoms with Crippen LogP contribution >= 0.6 is 0 Å². The maximum absolute atomic E-state index is 11.0. The number of nitrogens with zero attached hydrogens (tertiary/aromatic N) is 1. The maximum Gasteiger partial charge on any atom is 0.313 e. The molecule has 1 aromatic heterocycles. The second kappa shape index (κ2) is 6.68. The van der Waals surface area contributed by atoms with Gasteiger partial charge in [0.15, 0.2) is 0 Å². The largest absolute Gasteiger partial charge is 0.481 e. The Balaban J connectivity index is 2.34. The lowest BCUT2D eigenvalue weighted by molar-refractivity contribution is -0.142. The molecule has 0 saturated heterocycles. The molecule has 0 aliphatic heterocycles. The van der Waals surface area contributed by atoms with Gasteiger partial charge in [-0.3, -0.25) is 9.78 Å². The molecule has 5 heteroatoms. The molecule has 0 aliphatic rings. The molecule has 0 radical (unpaired) electrons. The summed E-state index contributed by atoms with van der Waals surface area (Å²) in [6.07, 6.45) is 1.51. The molecule has 3 atom stereocenters. The zero-order chi connectivity index (χ0) is 16.3. The van der Waals surface area contributed by atoms with Crippen molar-refractivity contribution in [2.75, 3.05) is 0 Å². The van der Waals surface area contributed by atoms with E-state index in [1.807, 2.05) is 24.3 Å². The Morgan fingerprint density at radius 1 is 1.18 bits per heavy atom. The molecular weight excluding hydrogens is 282 g/mol. The lowest BCUT2D eigenvalue weighted by Crippen LogP contribution is -2.23. The van der Waals surface area contributed by atoms with E-state index in [2.05, 4.69) is 4.98 Å². The first-order valence-electron chi connectivity index (χ1n) is 7.06. The molecule has 1 aromatic carbocycles. The summed E-state index contributed by atoms with van der Waals surface area (Å²) in [5.74, 6) is -2.02. The van der Waals surface area contributed by atoms with Crippen LogP contribution < -0.4 is 0 Å². The van der Waals surface area contributed by atoms with Gasteiger partial charge in [0.1, 0.15) is 5.92 Å². The number of carbonyl (C=O) groups is 1. The van der Waals surface area contributed by atoms with Crippen molar-refractivity contribution in [3.05, 3.63) is 47.7 Å². The number of hydrogen-bond donors (Lipinski definition) is 3. The smallest absolute Gasteiger partial charge is 0.313 e. The van der Waals surface area contributed by atoms with Crippen LogP contribution in [0.25, 0.3) is 17.0 Å². The van der Waals surface area contributed by atoms with E-state index in [0.717, 1.165) is 16.5 Å².